The van der Waals surface area contributed by atoms with E-state index in [0.717, 1.165) is 0 Å². The Bertz CT molecular complexity index is 382. The van der Waals surface area contributed by atoms with E-state index in [1.807, 2.05) is 0 Å². The first-order valence-corrected chi connectivity index (χ1v) is 6.53. The average molecular weight is 292 g/mol. The second-order valence-corrected chi connectivity index (χ2v) is 5.29. The molecular formula is C8H15F3N2O4S. The highest BCUT2D eigenvalue weighted by atomic mass is 32.2. The fraction of sp³-hybridized carbons (Fsp3) is 0.875. The summed E-state index contributed by atoms with van der Waals surface area (Å²) in [5, 5.41) is 8.79. The molecule has 3 N–H and O–H groups in total. The molecule has 0 heterocycles. The number of halogens is 3. The maximum atomic E-state index is 11.8. The van der Waals surface area contributed by atoms with Gasteiger partial charge in [0.2, 0.25) is 0 Å². The average Bonchev–Trinajstić information content (AvgIpc) is 2.21. The van der Waals surface area contributed by atoms with Crippen LogP contribution in [-0.2, 0) is 15.0 Å². The Kier molecular flexibility index (Phi) is 6.04. The zero-order valence-corrected chi connectivity index (χ0v) is 10.6. The van der Waals surface area contributed by atoms with E-state index in [1.165, 1.54) is 11.6 Å². The van der Waals surface area contributed by atoms with Crippen molar-refractivity contribution in [1.29, 1.82) is 0 Å². The van der Waals surface area contributed by atoms with Gasteiger partial charge in [-0.1, -0.05) is 20.3 Å². The SMILES string of the molecule is CCC(C)[C@H](NS(=O)(=O)NCC(F)(F)F)C(=O)O. The molecule has 0 aromatic carbocycles. The minimum absolute atomic E-state index is 0.360. The Morgan fingerprint density at radius 2 is 1.89 bits per heavy atom. The van der Waals surface area contributed by atoms with Crippen molar-refractivity contribution in [3.8, 4) is 0 Å². The third-order valence-electron chi connectivity index (χ3n) is 2.22. The van der Waals surface area contributed by atoms with Gasteiger partial charge in [0.25, 0.3) is 10.2 Å². The highest BCUT2D eigenvalue weighted by Gasteiger charge is 2.32. The summed E-state index contributed by atoms with van der Waals surface area (Å²) in [5.41, 5.74) is 0. The molecule has 0 radical (unpaired) electrons. The van der Waals surface area contributed by atoms with E-state index in [-0.39, 0.29) is 0 Å². The van der Waals surface area contributed by atoms with Crippen molar-refractivity contribution in [2.24, 2.45) is 5.92 Å². The second-order valence-electron chi connectivity index (χ2n) is 3.76. The third kappa shape index (κ3) is 6.77. The predicted octanol–water partition coefficient (Wildman–Crippen LogP) is 0.472. The van der Waals surface area contributed by atoms with Crippen LogP contribution in [0.4, 0.5) is 13.2 Å². The number of carboxylic acids is 1. The summed E-state index contributed by atoms with van der Waals surface area (Å²) in [6, 6.07) is -1.47. The van der Waals surface area contributed by atoms with E-state index in [9.17, 15) is 26.4 Å². The molecule has 18 heavy (non-hydrogen) atoms. The standard InChI is InChI=1S/C8H15F3N2O4S/c1-3-5(2)6(7(14)15)13-18(16,17)12-4-8(9,10)11/h5-6,12-13H,3-4H2,1-2H3,(H,14,15)/t5?,6-/m0/s1. The molecule has 0 rings (SSSR count). The Balaban J connectivity index is 4.67. The Morgan fingerprint density at radius 1 is 1.39 bits per heavy atom. The van der Waals surface area contributed by atoms with Crippen molar-refractivity contribution in [3.05, 3.63) is 0 Å². The lowest BCUT2D eigenvalue weighted by atomic mass is 10.0. The number of rotatable bonds is 7. The molecule has 0 aliphatic rings. The predicted molar refractivity (Wildman–Crippen MR) is 57.0 cm³/mol. The molecule has 0 fully saturated rings. The molecule has 108 valence electrons. The molecule has 6 nitrogen and oxygen atoms in total. The summed E-state index contributed by atoms with van der Waals surface area (Å²) in [5.74, 6) is -1.99. The van der Waals surface area contributed by atoms with Gasteiger partial charge >= 0.3 is 12.1 Å². The number of hydrogen-bond donors (Lipinski definition) is 3. The Labute approximate surface area is 103 Å². The van der Waals surface area contributed by atoms with Gasteiger partial charge in [-0.2, -0.15) is 31.0 Å². The van der Waals surface area contributed by atoms with Crippen LogP contribution < -0.4 is 9.44 Å². The van der Waals surface area contributed by atoms with Crippen molar-refractivity contribution in [3.63, 3.8) is 0 Å². The van der Waals surface area contributed by atoms with Gasteiger partial charge in [0.1, 0.15) is 12.6 Å². The van der Waals surface area contributed by atoms with Gasteiger partial charge in [0.15, 0.2) is 0 Å². The lowest BCUT2D eigenvalue weighted by molar-refractivity contribution is -0.140. The van der Waals surface area contributed by atoms with Crippen molar-refractivity contribution >= 4 is 16.2 Å². The quantitative estimate of drug-likeness (QED) is 0.635. The minimum Gasteiger partial charge on any atom is -0.480 e. The summed E-state index contributed by atoms with van der Waals surface area (Å²) in [6.45, 7) is 1.36. The minimum atomic E-state index is -4.70. The van der Waals surface area contributed by atoms with Crippen LogP contribution in [0.5, 0.6) is 0 Å². The molecule has 0 aliphatic heterocycles. The van der Waals surface area contributed by atoms with Crippen molar-refractivity contribution in [2.75, 3.05) is 6.54 Å². The summed E-state index contributed by atoms with van der Waals surface area (Å²) >= 11 is 0. The lowest BCUT2D eigenvalue weighted by Gasteiger charge is -2.20. The molecule has 0 bridgehead atoms. The van der Waals surface area contributed by atoms with Crippen LogP contribution in [0, 0.1) is 5.92 Å². The Morgan fingerprint density at radius 3 is 2.22 bits per heavy atom. The molecule has 10 heteroatoms. The van der Waals surface area contributed by atoms with Crippen LogP contribution in [0.25, 0.3) is 0 Å². The number of aliphatic carboxylic acids is 1. The molecule has 0 spiro atoms. The zero-order chi connectivity index (χ0) is 14.6. The first-order chi connectivity index (χ1) is 7.98. The van der Waals surface area contributed by atoms with E-state index >= 15 is 0 Å². The maximum absolute atomic E-state index is 11.8. The fourth-order valence-electron chi connectivity index (χ4n) is 1.03. The smallest absolute Gasteiger partial charge is 0.402 e. The number of carboxylic acid groups (broad SMARTS) is 1. The molecule has 0 saturated heterocycles. The first-order valence-electron chi connectivity index (χ1n) is 5.05. The van der Waals surface area contributed by atoms with Gasteiger partial charge in [0.05, 0.1) is 0 Å². The fourth-order valence-corrected chi connectivity index (χ4v) is 2.14. The monoisotopic (exact) mass is 292 g/mol. The number of alkyl halides is 3. The van der Waals surface area contributed by atoms with Crippen LogP contribution in [0.3, 0.4) is 0 Å². The van der Waals surface area contributed by atoms with E-state index in [1.54, 1.807) is 11.6 Å². The van der Waals surface area contributed by atoms with Gasteiger partial charge in [0, 0.05) is 0 Å². The van der Waals surface area contributed by atoms with Crippen LogP contribution >= 0.6 is 0 Å². The maximum Gasteiger partial charge on any atom is 0.402 e. The largest absolute Gasteiger partial charge is 0.480 e. The highest BCUT2D eigenvalue weighted by molar-refractivity contribution is 7.87. The van der Waals surface area contributed by atoms with Crippen LogP contribution in [0.2, 0.25) is 0 Å². The summed E-state index contributed by atoms with van der Waals surface area (Å²) in [6.07, 6.45) is -4.34. The topological polar surface area (TPSA) is 95.5 Å². The van der Waals surface area contributed by atoms with E-state index < -0.39 is 40.9 Å². The molecule has 0 saturated carbocycles. The summed E-state index contributed by atoms with van der Waals surface area (Å²) in [4.78, 5) is 10.8. The number of carbonyl (C=O) groups is 1. The van der Waals surface area contributed by atoms with E-state index in [4.69, 9.17) is 5.11 Å². The van der Waals surface area contributed by atoms with Crippen molar-refractivity contribution in [1.82, 2.24) is 9.44 Å². The first kappa shape index (κ1) is 17.1. The van der Waals surface area contributed by atoms with Crippen LogP contribution in [0.15, 0.2) is 0 Å². The molecule has 0 aromatic rings. The van der Waals surface area contributed by atoms with E-state index in [2.05, 4.69) is 0 Å². The van der Waals surface area contributed by atoms with Gasteiger partial charge in [-0.3, -0.25) is 4.79 Å². The van der Waals surface area contributed by atoms with Crippen LogP contribution in [-0.4, -0.2) is 38.3 Å². The zero-order valence-electron chi connectivity index (χ0n) is 9.78. The van der Waals surface area contributed by atoms with Gasteiger partial charge in [-0.15, -0.1) is 0 Å². The molecule has 0 aliphatic carbocycles. The van der Waals surface area contributed by atoms with Crippen molar-refractivity contribution < 1.29 is 31.5 Å². The lowest BCUT2D eigenvalue weighted by Crippen LogP contribution is -2.50. The second kappa shape index (κ2) is 6.34. The molecular weight excluding hydrogens is 277 g/mol. The summed E-state index contributed by atoms with van der Waals surface area (Å²) in [7, 11) is -4.51. The molecule has 0 amide bonds. The molecule has 1 unspecified atom stereocenters. The number of hydrogen-bond acceptors (Lipinski definition) is 3. The van der Waals surface area contributed by atoms with Gasteiger partial charge in [-0.25, -0.2) is 0 Å². The van der Waals surface area contributed by atoms with E-state index in [0.29, 0.717) is 6.42 Å². The molecule has 0 aromatic heterocycles. The van der Waals surface area contributed by atoms with Crippen molar-refractivity contribution in [2.45, 2.75) is 32.5 Å². The molecule has 2 atom stereocenters. The van der Waals surface area contributed by atoms with Gasteiger partial charge < -0.3 is 5.11 Å². The normalized spacial score (nSPS) is 16.3. The number of nitrogens with one attached hydrogen (secondary N) is 2. The van der Waals surface area contributed by atoms with Gasteiger partial charge in [-0.05, 0) is 5.92 Å². The highest BCUT2D eigenvalue weighted by Crippen LogP contribution is 2.13. The summed E-state index contributed by atoms with van der Waals surface area (Å²) < 4.78 is 60.9. The third-order valence-corrected chi connectivity index (χ3v) is 3.31. The van der Waals surface area contributed by atoms with Crippen LogP contribution in [0.1, 0.15) is 20.3 Å². The Hall–Kier alpha value is -0.870.